The third kappa shape index (κ3) is 7.39. The molecule has 1 atom stereocenters. The average Bonchev–Trinajstić information content (AvgIpc) is 2.95. The van der Waals surface area contributed by atoms with Crippen molar-refractivity contribution in [3.05, 3.63) is 107 Å². The predicted molar refractivity (Wildman–Crippen MR) is 159 cm³/mol. The minimum Gasteiger partial charge on any atom is -0.490 e. The van der Waals surface area contributed by atoms with E-state index in [0.717, 1.165) is 16.3 Å². The SMILES string of the molecule is CCOc1cc(/C=N\NC(=O)C(NC(=O)c2ccc(Cl)cc2)C(C)C)ccc1OCc1cccc2ccccc12. The van der Waals surface area contributed by atoms with Crippen molar-refractivity contribution in [3.63, 3.8) is 0 Å². The van der Waals surface area contributed by atoms with E-state index in [4.69, 9.17) is 21.1 Å². The molecule has 0 spiro atoms. The zero-order valence-electron chi connectivity index (χ0n) is 22.7. The molecule has 8 heteroatoms. The second kappa shape index (κ2) is 13.6. The summed E-state index contributed by atoms with van der Waals surface area (Å²) in [6, 6.07) is 25.5. The maximum atomic E-state index is 12.8. The summed E-state index contributed by atoms with van der Waals surface area (Å²) in [5.41, 5.74) is 4.74. The fraction of sp³-hybridized carbons (Fsp3) is 0.219. The summed E-state index contributed by atoms with van der Waals surface area (Å²) in [6.45, 7) is 6.46. The Balaban J connectivity index is 1.40. The van der Waals surface area contributed by atoms with Gasteiger partial charge in [-0.1, -0.05) is 67.9 Å². The Kier molecular flexibility index (Phi) is 9.76. The molecular formula is C32H32ClN3O4. The van der Waals surface area contributed by atoms with Crippen molar-refractivity contribution in [2.75, 3.05) is 6.61 Å². The lowest BCUT2D eigenvalue weighted by Gasteiger charge is -2.20. The molecule has 0 fully saturated rings. The smallest absolute Gasteiger partial charge is 0.262 e. The summed E-state index contributed by atoms with van der Waals surface area (Å²) < 4.78 is 11.9. The summed E-state index contributed by atoms with van der Waals surface area (Å²) in [7, 11) is 0. The molecule has 0 aliphatic rings. The molecule has 0 saturated heterocycles. The largest absolute Gasteiger partial charge is 0.490 e. The normalized spacial score (nSPS) is 11.9. The van der Waals surface area contributed by atoms with Gasteiger partial charge in [0.25, 0.3) is 11.8 Å². The lowest BCUT2D eigenvalue weighted by molar-refractivity contribution is -0.123. The standard InChI is InChI=1S/C32H32ClN3O4/c1-4-39-29-18-22(12-17-28(29)40-20-25-10-7-9-23-8-5-6-11-27(23)25)19-34-36-32(38)30(21(2)3)35-31(37)24-13-15-26(33)16-14-24/h5-19,21,30H,4,20H2,1-3H3,(H,35,37)(H,36,38)/b34-19-. The number of carbonyl (C=O) groups excluding carboxylic acids is 2. The van der Waals surface area contributed by atoms with E-state index in [2.05, 4.69) is 40.1 Å². The Morgan fingerprint density at radius 1 is 0.925 bits per heavy atom. The lowest BCUT2D eigenvalue weighted by Crippen LogP contribution is -2.48. The van der Waals surface area contributed by atoms with Gasteiger partial charge < -0.3 is 14.8 Å². The first-order chi connectivity index (χ1) is 19.4. The number of hydrazone groups is 1. The monoisotopic (exact) mass is 557 g/mol. The molecule has 0 aliphatic heterocycles. The van der Waals surface area contributed by atoms with E-state index in [1.807, 2.05) is 51.1 Å². The van der Waals surface area contributed by atoms with Crippen molar-refractivity contribution < 1.29 is 19.1 Å². The molecule has 1 unspecified atom stereocenters. The van der Waals surface area contributed by atoms with Gasteiger partial charge in [0, 0.05) is 10.6 Å². The van der Waals surface area contributed by atoms with Gasteiger partial charge in [0.1, 0.15) is 12.6 Å². The van der Waals surface area contributed by atoms with E-state index in [-0.39, 0.29) is 11.8 Å². The maximum absolute atomic E-state index is 12.8. The highest BCUT2D eigenvalue weighted by molar-refractivity contribution is 6.30. The van der Waals surface area contributed by atoms with E-state index in [9.17, 15) is 9.59 Å². The summed E-state index contributed by atoms with van der Waals surface area (Å²) in [5.74, 6) is 0.242. The Bertz CT molecular complexity index is 1500. The van der Waals surface area contributed by atoms with Gasteiger partial charge in [-0.15, -0.1) is 0 Å². The first-order valence-corrected chi connectivity index (χ1v) is 13.5. The first kappa shape index (κ1) is 28.6. The number of halogens is 1. The fourth-order valence-corrected chi connectivity index (χ4v) is 4.29. The van der Waals surface area contributed by atoms with Crippen LogP contribution in [0.1, 0.15) is 42.3 Å². The molecule has 0 radical (unpaired) electrons. The van der Waals surface area contributed by atoms with Gasteiger partial charge in [0.05, 0.1) is 12.8 Å². The van der Waals surface area contributed by atoms with Crippen LogP contribution in [0, 0.1) is 5.92 Å². The van der Waals surface area contributed by atoms with Gasteiger partial charge in [0.15, 0.2) is 11.5 Å². The predicted octanol–water partition coefficient (Wildman–Crippen LogP) is 6.38. The van der Waals surface area contributed by atoms with E-state index < -0.39 is 11.9 Å². The molecule has 7 nitrogen and oxygen atoms in total. The lowest BCUT2D eigenvalue weighted by atomic mass is 10.0. The highest BCUT2D eigenvalue weighted by Crippen LogP contribution is 2.30. The van der Waals surface area contributed by atoms with Gasteiger partial charge in [0.2, 0.25) is 0 Å². The van der Waals surface area contributed by atoms with Crippen LogP contribution in [0.4, 0.5) is 0 Å². The molecule has 4 aromatic carbocycles. The van der Waals surface area contributed by atoms with E-state index in [1.165, 1.54) is 6.21 Å². The molecule has 0 heterocycles. The third-order valence-corrected chi connectivity index (χ3v) is 6.51. The second-order valence-electron chi connectivity index (χ2n) is 9.50. The topological polar surface area (TPSA) is 89.0 Å². The fourth-order valence-electron chi connectivity index (χ4n) is 4.17. The van der Waals surface area contributed by atoms with Gasteiger partial charge in [-0.05, 0) is 77.2 Å². The van der Waals surface area contributed by atoms with Crippen LogP contribution in [0.2, 0.25) is 5.02 Å². The Labute approximate surface area is 239 Å². The minimum atomic E-state index is -0.774. The molecule has 0 saturated carbocycles. The van der Waals surface area contributed by atoms with Crippen LogP contribution in [-0.2, 0) is 11.4 Å². The van der Waals surface area contributed by atoms with Crippen molar-refractivity contribution >= 4 is 40.4 Å². The minimum absolute atomic E-state index is 0.158. The summed E-state index contributed by atoms with van der Waals surface area (Å²) >= 11 is 5.90. The molecule has 4 aromatic rings. The van der Waals surface area contributed by atoms with Gasteiger partial charge in [-0.2, -0.15) is 5.10 Å². The molecule has 2 N–H and O–H groups in total. The van der Waals surface area contributed by atoms with Gasteiger partial charge >= 0.3 is 0 Å². The summed E-state index contributed by atoms with van der Waals surface area (Å²) in [5, 5.41) is 9.71. The molecule has 0 aliphatic carbocycles. The number of hydrogen-bond acceptors (Lipinski definition) is 5. The Morgan fingerprint density at radius 2 is 1.68 bits per heavy atom. The van der Waals surface area contributed by atoms with Crippen LogP contribution in [-0.4, -0.2) is 30.7 Å². The number of amides is 2. The van der Waals surface area contributed by atoms with E-state index in [1.54, 1.807) is 30.3 Å². The number of ether oxygens (including phenoxy) is 2. The quantitative estimate of drug-likeness (QED) is 0.165. The Morgan fingerprint density at radius 3 is 2.42 bits per heavy atom. The molecular weight excluding hydrogens is 526 g/mol. The van der Waals surface area contributed by atoms with Crippen LogP contribution in [0.15, 0.2) is 90.0 Å². The van der Waals surface area contributed by atoms with Crippen LogP contribution in [0.5, 0.6) is 11.5 Å². The van der Waals surface area contributed by atoms with E-state index in [0.29, 0.717) is 40.9 Å². The highest BCUT2D eigenvalue weighted by Gasteiger charge is 2.24. The first-order valence-electron chi connectivity index (χ1n) is 13.1. The van der Waals surface area contributed by atoms with E-state index >= 15 is 0 Å². The Hall–Kier alpha value is -4.36. The number of hydrogen-bond donors (Lipinski definition) is 2. The molecule has 2 amide bonds. The molecule has 4 rings (SSSR count). The molecule has 40 heavy (non-hydrogen) atoms. The average molecular weight is 558 g/mol. The number of rotatable bonds is 11. The van der Waals surface area contributed by atoms with Gasteiger partial charge in [-0.3, -0.25) is 9.59 Å². The number of nitrogens with one attached hydrogen (secondary N) is 2. The van der Waals surface area contributed by atoms with Crippen LogP contribution < -0.4 is 20.2 Å². The highest BCUT2D eigenvalue weighted by atomic mass is 35.5. The van der Waals surface area contributed by atoms with Crippen molar-refractivity contribution in [2.24, 2.45) is 11.0 Å². The maximum Gasteiger partial charge on any atom is 0.262 e. The molecule has 0 aromatic heterocycles. The van der Waals surface area contributed by atoms with Crippen LogP contribution >= 0.6 is 11.6 Å². The molecule has 0 bridgehead atoms. The van der Waals surface area contributed by atoms with Crippen molar-refractivity contribution in [1.82, 2.24) is 10.7 Å². The number of nitrogens with zero attached hydrogens (tertiary/aromatic N) is 1. The summed E-state index contributed by atoms with van der Waals surface area (Å²) in [6.07, 6.45) is 1.52. The number of fused-ring (bicyclic) bond motifs is 1. The zero-order valence-corrected chi connectivity index (χ0v) is 23.4. The summed E-state index contributed by atoms with van der Waals surface area (Å²) in [4.78, 5) is 25.4. The second-order valence-corrected chi connectivity index (χ2v) is 9.94. The number of carbonyl (C=O) groups is 2. The van der Waals surface area contributed by atoms with Crippen LogP contribution in [0.3, 0.4) is 0 Å². The van der Waals surface area contributed by atoms with Crippen molar-refractivity contribution in [3.8, 4) is 11.5 Å². The van der Waals surface area contributed by atoms with Crippen molar-refractivity contribution in [1.29, 1.82) is 0 Å². The van der Waals surface area contributed by atoms with Crippen molar-refractivity contribution in [2.45, 2.75) is 33.4 Å². The van der Waals surface area contributed by atoms with Crippen LogP contribution in [0.25, 0.3) is 10.8 Å². The molecule has 206 valence electrons. The zero-order chi connectivity index (χ0) is 28.5. The van der Waals surface area contributed by atoms with Gasteiger partial charge in [-0.25, -0.2) is 5.43 Å². The third-order valence-electron chi connectivity index (χ3n) is 6.26. The number of benzene rings is 4.